The topological polar surface area (TPSA) is 71.0 Å². The lowest BCUT2D eigenvalue weighted by Gasteiger charge is -2.32. The summed E-state index contributed by atoms with van der Waals surface area (Å²) < 4.78 is 0. The van der Waals surface area contributed by atoms with Gasteiger partial charge in [0.25, 0.3) is 5.91 Å². The molecule has 1 saturated heterocycles. The Morgan fingerprint density at radius 1 is 1.32 bits per heavy atom. The van der Waals surface area contributed by atoms with E-state index < -0.39 is 0 Å². The van der Waals surface area contributed by atoms with Crippen molar-refractivity contribution >= 4 is 5.91 Å². The molecule has 0 aromatic carbocycles. The molecule has 132 valence electrons. The molecule has 25 heavy (non-hydrogen) atoms. The van der Waals surface area contributed by atoms with Crippen molar-refractivity contribution in [3.63, 3.8) is 0 Å². The van der Waals surface area contributed by atoms with Gasteiger partial charge in [-0.3, -0.25) is 14.7 Å². The minimum Gasteiger partial charge on any atom is -0.354 e. The lowest BCUT2D eigenvalue weighted by molar-refractivity contribution is 0.0957. The first-order chi connectivity index (χ1) is 12.1. The van der Waals surface area contributed by atoms with E-state index in [0.29, 0.717) is 17.4 Å². The molecule has 2 aromatic heterocycles. The maximum absolute atomic E-state index is 11.8. The molecule has 0 radical (unpaired) electrons. The molecular formula is C19H25N5O. The Morgan fingerprint density at radius 3 is 2.96 bits per heavy atom. The van der Waals surface area contributed by atoms with E-state index >= 15 is 0 Å². The Labute approximate surface area is 148 Å². The summed E-state index contributed by atoms with van der Waals surface area (Å²) in [4.78, 5) is 27.5. The molecule has 0 aliphatic carbocycles. The quantitative estimate of drug-likeness (QED) is 0.902. The van der Waals surface area contributed by atoms with E-state index in [1.807, 2.05) is 31.3 Å². The zero-order valence-electron chi connectivity index (χ0n) is 14.9. The molecule has 3 rings (SSSR count). The summed E-state index contributed by atoms with van der Waals surface area (Å²) in [5.41, 5.74) is 2.52. The second kappa shape index (κ2) is 8.16. The number of hydrogen-bond acceptors (Lipinski definition) is 5. The van der Waals surface area contributed by atoms with Gasteiger partial charge < -0.3 is 5.32 Å². The van der Waals surface area contributed by atoms with Gasteiger partial charge >= 0.3 is 0 Å². The SMILES string of the molecule is CNC(=O)c1cc(CC2CCCN(Cc3ccccn3)C2)nc(C)n1. The number of likely N-dealkylation sites (tertiary alicyclic amines) is 1. The number of amides is 1. The van der Waals surface area contributed by atoms with Crippen LogP contribution < -0.4 is 5.32 Å². The Bertz CT molecular complexity index is 719. The highest BCUT2D eigenvalue weighted by atomic mass is 16.1. The standard InChI is InChI=1S/C19H25N5O/c1-14-22-17(11-18(23-14)19(25)20-2)10-15-6-5-9-24(12-15)13-16-7-3-4-8-21-16/h3-4,7-8,11,15H,5-6,9-10,12-13H2,1-2H3,(H,20,25). The van der Waals surface area contributed by atoms with Gasteiger partial charge in [-0.05, 0) is 56.8 Å². The number of piperidine rings is 1. The van der Waals surface area contributed by atoms with Crippen molar-refractivity contribution in [1.29, 1.82) is 0 Å². The van der Waals surface area contributed by atoms with E-state index in [2.05, 4.69) is 31.2 Å². The van der Waals surface area contributed by atoms with Gasteiger partial charge in [0.15, 0.2) is 0 Å². The zero-order valence-corrected chi connectivity index (χ0v) is 14.9. The highest BCUT2D eigenvalue weighted by Gasteiger charge is 2.21. The smallest absolute Gasteiger partial charge is 0.269 e. The molecule has 1 aliphatic rings. The third-order valence-corrected chi connectivity index (χ3v) is 4.56. The van der Waals surface area contributed by atoms with Crippen molar-refractivity contribution in [3.8, 4) is 0 Å². The highest BCUT2D eigenvalue weighted by molar-refractivity contribution is 5.92. The van der Waals surface area contributed by atoms with Gasteiger partial charge in [0.05, 0.1) is 5.69 Å². The molecule has 3 heterocycles. The molecule has 1 fully saturated rings. The Morgan fingerprint density at radius 2 is 2.20 bits per heavy atom. The van der Waals surface area contributed by atoms with Crippen molar-refractivity contribution in [2.45, 2.75) is 32.7 Å². The maximum Gasteiger partial charge on any atom is 0.269 e. The summed E-state index contributed by atoms with van der Waals surface area (Å²) >= 11 is 0. The van der Waals surface area contributed by atoms with Gasteiger partial charge in [0.1, 0.15) is 11.5 Å². The summed E-state index contributed by atoms with van der Waals surface area (Å²) in [6, 6.07) is 7.88. The second-order valence-corrected chi connectivity index (χ2v) is 6.64. The number of aryl methyl sites for hydroxylation is 1. The number of rotatable bonds is 5. The van der Waals surface area contributed by atoms with Gasteiger partial charge in [-0.2, -0.15) is 0 Å². The van der Waals surface area contributed by atoms with Crippen LogP contribution in [0, 0.1) is 12.8 Å². The Kier molecular flexibility index (Phi) is 5.71. The average molecular weight is 339 g/mol. The Balaban J connectivity index is 1.64. The first-order valence-corrected chi connectivity index (χ1v) is 8.83. The fourth-order valence-corrected chi connectivity index (χ4v) is 3.46. The van der Waals surface area contributed by atoms with Gasteiger partial charge in [0.2, 0.25) is 0 Å². The van der Waals surface area contributed by atoms with Crippen LogP contribution in [0.5, 0.6) is 0 Å². The molecule has 6 nitrogen and oxygen atoms in total. The number of pyridine rings is 1. The minimum absolute atomic E-state index is 0.160. The number of nitrogens with one attached hydrogen (secondary N) is 1. The van der Waals surface area contributed by atoms with E-state index in [0.717, 1.165) is 37.4 Å². The molecule has 1 aliphatic heterocycles. The van der Waals surface area contributed by atoms with Crippen LogP contribution in [0.4, 0.5) is 0 Å². The minimum atomic E-state index is -0.160. The molecule has 1 N–H and O–H groups in total. The lowest BCUT2D eigenvalue weighted by Crippen LogP contribution is -2.36. The molecule has 0 bridgehead atoms. The number of aromatic nitrogens is 3. The summed E-state index contributed by atoms with van der Waals surface area (Å²) in [7, 11) is 1.62. The third-order valence-electron chi connectivity index (χ3n) is 4.56. The van der Waals surface area contributed by atoms with E-state index in [4.69, 9.17) is 0 Å². The fourth-order valence-electron chi connectivity index (χ4n) is 3.46. The molecule has 1 amide bonds. The van der Waals surface area contributed by atoms with E-state index in [9.17, 15) is 4.79 Å². The first-order valence-electron chi connectivity index (χ1n) is 8.83. The van der Waals surface area contributed by atoms with Crippen molar-refractivity contribution in [3.05, 3.63) is 53.4 Å². The molecule has 2 aromatic rings. The number of nitrogens with zero attached hydrogens (tertiary/aromatic N) is 4. The molecule has 6 heteroatoms. The number of carbonyl (C=O) groups excluding carboxylic acids is 1. The van der Waals surface area contributed by atoms with Crippen LogP contribution in [-0.4, -0.2) is 45.9 Å². The highest BCUT2D eigenvalue weighted by Crippen LogP contribution is 2.21. The van der Waals surface area contributed by atoms with Gasteiger partial charge in [-0.1, -0.05) is 6.07 Å². The van der Waals surface area contributed by atoms with Gasteiger partial charge in [-0.25, -0.2) is 9.97 Å². The van der Waals surface area contributed by atoms with Gasteiger partial charge in [0, 0.05) is 32.0 Å². The van der Waals surface area contributed by atoms with E-state index in [1.54, 1.807) is 7.05 Å². The average Bonchev–Trinajstić information content (AvgIpc) is 2.61. The van der Waals surface area contributed by atoms with Crippen molar-refractivity contribution in [1.82, 2.24) is 25.2 Å². The number of hydrogen-bond donors (Lipinski definition) is 1. The maximum atomic E-state index is 11.8. The van der Waals surface area contributed by atoms with Crippen LogP contribution in [0.25, 0.3) is 0 Å². The lowest BCUT2D eigenvalue weighted by atomic mass is 9.93. The predicted octanol–water partition coefficient (Wildman–Crippen LogP) is 1.99. The van der Waals surface area contributed by atoms with Crippen LogP contribution in [0.2, 0.25) is 0 Å². The summed E-state index contributed by atoms with van der Waals surface area (Å²) in [6.07, 6.45) is 5.10. The molecule has 1 unspecified atom stereocenters. The van der Waals surface area contributed by atoms with Crippen LogP contribution in [-0.2, 0) is 13.0 Å². The second-order valence-electron chi connectivity index (χ2n) is 6.64. The van der Waals surface area contributed by atoms with Crippen LogP contribution in [0.1, 0.15) is 40.5 Å². The van der Waals surface area contributed by atoms with E-state index in [-0.39, 0.29) is 5.91 Å². The monoisotopic (exact) mass is 339 g/mol. The summed E-state index contributed by atoms with van der Waals surface area (Å²) in [5, 5.41) is 2.63. The predicted molar refractivity (Wildman–Crippen MR) is 96.1 cm³/mol. The number of carbonyl (C=O) groups is 1. The summed E-state index contributed by atoms with van der Waals surface area (Å²) in [5.74, 6) is 1.04. The normalized spacial score (nSPS) is 18.1. The fraction of sp³-hybridized carbons (Fsp3) is 0.474. The first kappa shape index (κ1) is 17.5. The van der Waals surface area contributed by atoms with Gasteiger partial charge in [-0.15, -0.1) is 0 Å². The third kappa shape index (κ3) is 4.82. The Hall–Kier alpha value is -2.34. The van der Waals surface area contributed by atoms with Crippen molar-refractivity contribution in [2.75, 3.05) is 20.1 Å². The largest absolute Gasteiger partial charge is 0.354 e. The molecular weight excluding hydrogens is 314 g/mol. The molecule has 1 atom stereocenters. The van der Waals surface area contributed by atoms with Crippen molar-refractivity contribution < 1.29 is 4.79 Å². The summed E-state index contributed by atoms with van der Waals surface area (Å²) in [6.45, 7) is 4.88. The molecule has 0 spiro atoms. The van der Waals surface area contributed by atoms with Crippen molar-refractivity contribution in [2.24, 2.45) is 5.92 Å². The van der Waals surface area contributed by atoms with Crippen LogP contribution in [0.15, 0.2) is 30.5 Å². The zero-order chi connectivity index (χ0) is 17.6. The van der Waals surface area contributed by atoms with Crippen LogP contribution in [0.3, 0.4) is 0 Å². The molecule has 0 saturated carbocycles. The van der Waals surface area contributed by atoms with E-state index in [1.165, 1.54) is 12.8 Å². The van der Waals surface area contributed by atoms with Crippen LogP contribution >= 0.6 is 0 Å².